The van der Waals surface area contributed by atoms with Gasteiger partial charge in [-0.2, -0.15) is 0 Å². The lowest BCUT2D eigenvalue weighted by Gasteiger charge is -2.06. The second-order valence-corrected chi connectivity index (χ2v) is 3.77. The van der Waals surface area contributed by atoms with Crippen molar-refractivity contribution in [2.75, 3.05) is 0 Å². The Morgan fingerprint density at radius 2 is 1.73 bits per heavy atom. The van der Waals surface area contributed by atoms with Crippen molar-refractivity contribution in [3.63, 3.8) is 0 Å². The van der Waals surface area contributed by atoms with E-state index < -0.39 is 0 Å². The van der Waals surface area contributed by atoms with Crippen LogP contribution in [0.1, 0.15) is 0 Å². The molecule has 0 radical (unpaired) electrons. The summed E-state index contributed by atoms with van der Waals surface area (Å²) in [7, 11) is 0. The van der Waals surface area contributed by atoms with Crippen LogP contribution in [0, 0.1) is 5.82 Å². The number of pyridine rings is 1. The zero-order chi connectivity index (χ0) is 10.8. The van der Waals surface area contributed by atoms with Gasteiger partial charge in [-0.1, -0.05) is 29.3 Å². The van der Waals surface area contributed by atoms with Crippen LogP contribution >= 0.6 is 23.2 Å². The maximum atomic E-state index is 13.5. The van der Waals surface area contributed by atoms with Gasteiger partial charge in [-0.3, -0.25) is 4.98 Å². The summed E-state index contributed by atoms with van der Waals surface area (Å²) in [6, 6.07) is 6.31. The highest BCUT2D eigenvalue weighted by molar-refractivity contribution is 6.39. The fourth-order valence-electron chi connectivity index (χ4n) is 1.32. The zero-order valence-corrected chi connectivity index (χ0v) is 9.06. The minimum atomic E-state index is -0.389. The van der Waals surface area contributed by atoms with Crippen LogP contribution in [-0.2, 0) is 0 Å². The molecule has 0 saturated carbocycles. The quantitative estimate of drug-likeness (QED) is 0.730. The van der Waals surface area contributed by atoms with Gasteiger partial charge in [0.05, 0.1) is 10.0 Å². The minimum absolute atomic E-state index is 0.313. The highest BCUT2D eigenvalue weighted by atomic mass is 35.5. The molecule has 0 spiro atoms. The van der Waals surface area contributed by atoms with Crippen LogP contribution in [0.15, 0.2) is 36.7 Å². The molecule has 0 amide bonds. The molecule has 0 bridgehead atoms. The molecule has 1 heterocycles. The smallest absolute Gasteiger partial charge is 0.134 e. The summed E-state index contributed by atoms with van der Waals surface area (Å²) >= 11 is 11.9. The molecule has 15 heavy (non-hydrogen) atoms. The number of aromatic nitrogens is 1. The zero-order valence-electron chi connectivity index (χ0n) is 7.55. The molecule has 0 fully saturated rings. The average Bonchev–Trinajstić information content (AvgIpc) is 2.20. The summed E-state index contributed by atoms with van der Waals surface area (Å²) in [6.45, 7) is 0. The number of rotatable bonds is 1. The van der Waals surface area contributed by atoms with Crippen molar-refractivity contribution in [1.29, 1.82) is 0 Å². The van der Waals surface area contributed by atoms with E-state index in [1.54, 1.807) is 18.2 Å². The van der Waals surface area contributed by atoms with Crippen LogP contribution in [0.2, 0.25) is 10.0 Å². The second-order valence-electron chi connectivity index (χ2n) is 2.95. The number of benzene rings is 1. The van der Waals surface area contributed by atoms with E-state index in [4.69, 9.17) is 23.2 Å². The van der Waals surface area contributed by atoms with E-state index in [1.807, 2.05) is 0 Å². The summed E-state index contributed by atoms with van der Waals surface area (Å²) in [5, 5.41) is 0.823. The van der Waals surface area contributed by atoms with Crippen molar-refractivity contribution < 1.29 is 4.39 Å². The third-order valence-electron chi connectivity index (χ3n) is 2.00. The number of nitrogens with zero attached hydrogens (tertiary/aromatic N) is 1. The Morgan fingerprint density at radius 1 is 1.07 bits per heavy atom. The molecule has 1 aromatic carbocycles. The average molecular weight is 242 g/mol. The van der Waals surface area contributed by atoms with Crippen LogP contribution in [0.4, 0.5) is 4.39 Å². The number of hydrogen-bond acceptors (Lipinski definition) is 1. The van der Waals surface area contributed by atoms with Gasteiger partial charge in [-0.15, -0.1) is 0 Å². The molecule has 1 nitrogen and oxygen atoms in total. The molecule has 0 unspecified atom stereocenters. The topological polar surface area (TPSA) is 12.9 Å². The Kier molecular flexibility index (Phi) is 2.89. The SMILES string of the molecule is Fc1ccncc1-c1c(Cl)cccc1Cl. The van der Waals surface area contributed by atoms with Gasteiger partial charge in [-0.05, 0) is 18.2 Å². The van der Waals surface area contributed by atoms with Crippen LogP contribution in [0.25, 0.3) is 11.1 Å². The Balaban J connectivity index is 2.69. The van der Waals surface area contributed by atoms with E-state index in [0.29, 0.717) is 21.2 Å². The molecular formula is C11H6Cl2FN. The Bertz CT molecular complexity index is 479. The van der Waals surface area contributed by atoms with Gasteiger partial charge in [-0.25, -0.2) is 4.39 Å². The molecule has 0 aliphatic rings. The monoisotopic (exact) mass is 241 g/mol. The molecule has 0 atom stereocenters. The standard InChI is InChI=1S/C11H6Cl2FN/c12-8-2-1-3-9(13)11(8)7-6-15-5-4-10(7)14/h1-6H. The summed E-state index contributed by atoms with van der Waals surface area (Å²) in [6.07, 6.45) is 2.78. The molecule has 76 valence electrons. The lowest BCUT2D eigenvalue weighted by Crippen LogP contribution is -1.87. The molecule has 1 aromatic heterocycles. The van der Waals surface area contributed by atoms with Crippen LogP contribution < -0.4 is 0 Å². The first kappa shape index (κ1) is 10.4. The maximum Gasteiger partial charge on any atom is 0.134 e. The maximum absolute atomic E-state index is 13.5. The fraction of sp³-hybridized carbons (Fsp3) is 0. The molecule has 2 rings (SSSR count). The molecule has 0 saturated heterocycles. The van der Waals surface area contributed by atoms with Crippen LogP contribution in [0.5, 0.6) is 0 Å². The third kappa shape index (κ3) is 1.96. The highest BCUT2D eigenvalue weighted by Gasteiger charge is 2.11. The largest absolute Gasteiger partial charge is 0.264 e. The van der Waals surface area contributed by atoms with Gasteiger partial charge in [0.25, 0.3) is 0 Å². The van der Waals surface area contributed by atoms with Crippen molar-refractivity contribution in [3.8, 4) is 11.1 Å². The van der Waals surface area contributed by atoms with Crippen molar-refractivity contribution in [1.82, 2.24) is 4.98 Å². The molecular weight excluding hydrogens is 236 g/mol. The van der Waals surface area contributed by atoms with Gasteiger partial charge in [0.15, 0.2) is 0 Å². The van der Waals surface area contributed by atoms with E-state index in [1.165, 1.54) is 18.5 Å². The number of hydrogen-bond donors (Lipinski definition) is 0. The van der Waals surface area contributed by atoms with Gasteiger partial charge in [0.1, 0.15) is 5.82 Å². The first-order chi connectivity index (χ1) is 7.20. The predicted molar refractivity (Wildman–Crippen MR) is 59.7 cm³/mol. The lowest BCUT2D eigenvalue weighted by atomic mass is 10.1. The molecule has 0 aliphatic heterocycles. The Hall–Kier alpha value is -1.12. The first-order valence-corrected chi connectivity index (χ1v) is 4.99. The second kappa shape index (κ2) is 4.17. The predicted octanol–water partition coefficient (Wildman–Crippen LogP) is 4.19. The van der Waals surface area contributed by atoms with Crippen LogP contribution in [-0.4, -0.2) is 4.98 Å². The summed E-state index contributed by atoms with van der Waals surface area (Å²) in [5.41, 5.74) is 0.791. The highest BCUT2D eigenvalue weighted by Crippen LogP contribution is 2.35. The van der Waals surface area contributed by atoms with E-state index >= 15 is 0 Å². The molecule has 0 aliphatic carbocycles. The molecule has 0 N–H and O–H groups in total. The normalized spacial score (nSPS) is 10.3. The summed E-state index contributed by atoms with van der Waals surface area (Å²) in [4.78, 5) is 3.85. The molecule has 4 heteroatoms. The summed E-state index contributed by atoms with van der Waals surface area (Å²) in [5.74, 6) is -0.389. The summed E-state index contributed by atoms with van der Waals surface area (Å²) < 4.78 is 13.5. The van der Waals surface area contributed by atoms with Gasteiger partial charge < -0.3 is 0 Å². The minimum Gasteiger partial charge on any atom is -0.264 e. The van der Waals surface area contributed by atoms with Crippen molar-refractivity contribution in [2.45, 2.75) is 0 Å². The first-order valence-electron chi connectivity index (χ1n) is 4.24. The number of halogens is 3. The third-order valence-corrected chi connectivity index (χ3v) is 2.63. The van der Waals surface area contributed by atoms with Crippen molar-refractivity contribution in [3.05, 3.63) is 52.5 Å². The van der Waals surface area contributed by atoms with Crippen molar-refractivity contribution >= 4 is 23.2 Å². The molecule has 2 aromatic rings. The van der Waals surface area contributed by atoms with Gasteiger partial charge in [0.2, 0.25) is 0 Å². The fourth-order valence-corrected chi connectivity index (χ4v) is 1.92. The van der Waals surface area contributed by atoms with E-state index in [-0.39, 0.29) is 5.82 Å². The van der Waals surface area contributed by atoms with Gasteiger partial charge in [0, 0.05) is 23.5 Å². The Morgan fingerprint density at radius 3 is 2.33 bits per heavy atom. The Labute approximate surface area is 96.5 Å². The van der Waals surface area contributed by atoms with E-state index in [0.717, 1.165) is 0 Å². The van der Waals surface area contributed by atoms with Gasteiger partial charge >= 0.3 is 0 Å². The van der Waals surface area contributed by atoms with Crippen LogP contribution in [0.3, 0.4) is 0 Å². The lowest BCUT2D eigenvalue weighted by molar-refractivity contribution is 0.629. The van der Waals surface area contributed by atoms with Crippen molar-refractivity contribution in [2.24, 2.45) is 0 Å². The van der Waals surface area contributed by atoms with E-state index in [2.05, 4.69) is 4.98 Å². The van der Waals surface area contributed by atoms with E-state index in [9.17, 15) is 4.39 Å².